The minimum absolute atomic E-state index is 0.119. The van der Waals surface area contributed by atoms with E-state index in [9.17, 15) is 19.1 Å². The number of methoxy groups -OCH3 is 1. The Hall–Kier alpha value is -3.71. The van der Waals surface area contributed by atoms with Crippen LogP contribution in [0.3, 0.4) is 0 Å². The Bertz CT molecular complexity index is 1350. The van der Waals surface area contributed by atoms with E-state index >= 15 is 0 Å². The highest BCUT2D eigenvalue weighted by atomic mass is 35.5. The molecule has 2 aromatic carbocycles. The number of amides is 1. The highest BCUT2D eigenvalue weighted by molar-refractivity contribution is 6.51. The third kappa shape index (κ3) is 4.39. The van der Waals surface area contributed by atoms with E-state index in [0.717, 1.165) is 11.6 Å². The molecule has 0 saturated carbocycles. The predicted octanol–water partition coefficient (Wildman–Crippen LogP) is 5.81. The Morgan fingerprint density at radius 3 is 2.37 bits per heavy atom. The number of rotatable bonds is 4. The number of ether oxygens (including phenoxy) is 1. The molecule has 1 atom stereocenters. The smallest absolute Gasteiger partial charge is 0.300 e. The first-order valence-corrected chi connectivity index (χ1v) is 11.3. The summed E-state index contributed by atoms with van der Waals surface area (Å²) in [6.07, 6.45) is 3.04. The van der Waals surface area contributed by atoms with Gasteiger partial charge >= 0.3 is 0 Å². The fourth-order valence-electron chi connectivity index (χ4n) is 4.10. The van der Waals surface area contributed by atoms with Gasteiger partial charge in [-0.05, 0) is 59.0 Å². The molecule has 1 aliphatic heterocycles. The summed E-state index contributed by atoms with van der Waals surface area (Å²) in [6, 6.07) is 11.4. The number of pyridine rings is 1. The summed E-state index contributed by atoms with van der Waals surface area (Å²) in [4.78, 5) is 31.8. The molecule has 1 N–H and O–H groups in total. The number of carbonyl (C=O) groups excluding carboxylic acids is 2. The average molecular weight is 495 g/mol. The molecule has 1 aliphatic rings. The van der Waals surface area contributed by atoms with Crippen molar-refractivity contribution in [1.29, 1.82) is 0 Å². The van der Waals surface area contributed by atoms with Crippen molar-refractivity contribution in [2.75, 3.05) is 12.0 Å². The van der Waals surface area contributed by atoms with Crippen molar-refractivity contribution in [2.45, 2.75) is 32.2 Å². The fourth-order valence-corrected chi connectivity index (χ4v) is 4.27. The van der Waals surface area contributed by atoms with Gasteiger partial charge in [0.05, 0.1) is 29.3 Å². The van der Waals surface area contributed by atoms with Crippen LogP contribution in [0.4, 0.5) is 10.1 Å². The summed E-state index contributed by atoms with van der Waals surface area (Å²) in [5.41, 5.74) is 1.57. The van der Waals surface area contributed by atoms with E-state index in [4.69, 9.17) is 16.3 Å². The summed E-state index contributed by atoms with van der Waals surface area (Å²) < 4.78 is 19.3. The van der Waals surface area contributed by atoms with Gasteiger partial charge in [-0.25, -0.2) is 4.39 Å². The number of benzene rings is 2. The third-order valence-electron chi connectivity index (χ3n) is 5.97. The van der Waals surface area contributed by atoms with Gasteiger partial charge in [-0.3, -0.25) is 19.5 Å². The lowest BCUT2D eigenvalue weighted by Crippen LogP contribution is -2.29. The van der Waals surface area contributed by atoms with E-state index in [1.165, 1.54) is 36.5 Å². The number of hydrogen-bond acceptors (Lipinski definition) is 5. The Morgan fingerprint density at radius 1 is 1.09 bits per heavy atom. The van der Waals surface area contributed by atoms with Gasteiger partial charge in [-0.1, -0.05) is 38.4 Å². The van der Waals surface area contributed by atoms with Crippen LogP contribution in [0.15, 0.2) is 66.5 Å². The molecule has 3 aromatic rings. The monoisotopic (exact) mass is 494 g/mol. The van der Waals surface area contributed by atoms with Gasteiger partial charge in [0.25, 0.3) is 11.7 Å². The Kier molecular flexibility index (Phi) is 6.38. The van der Waals surface area contributed by atoms with Crippen LogP contribution in [0, 0.1) is 5.82 Å². The second kappa shape index (κ2) is 9.15. The zero-order valence-corrected chi connectivity index (χ0v) is 20.4. The van der Waals surface area contributed by atoms with Crippen molar-refractivity contribution >= 4 is 34.7 Å². The van der Waals surface area contributed by atoms with Crippen LogP contribution in [0.5, 0.6) is 5.75 Å². The summed E-state index contributed by atoms with van der Waals surface area (Å²) in [7, 11) is 1.46. The SMILES string of the molecule is COc1ccc(C(C)(C)C)cc1/C(O)=C1\C(=O)C(=O)N(c2ccc(F)c(Cl)c2)C1c1ccncc1. The molecule has 0 radical (unpaired) electrons. The van der Waals surface area contributed by atoms with Crippen LogP contribution >= 0.6 is 11.6 Å². The third-order valence-corrected chi connectivity index (χ3v) is 6.26. The summed E-state index contributed by atoms with van der Waals surface area (Å²) >= 11 is 5.98. The quantitative estimate of drug-likeness (QED) is 0.281. The molecular weight excluding hydrogens is 471 g/mol. The average Bonchev–Trinajstić information content (AvgIpc) is 3.10. The van der Waals surface area contributed by atoms with Crippen molar-refractivity contribution in [2.24, 2.45) is 0 Å². The molecule has 35 heavy (non-hydrogen) atoms. The van der Waals surface area contributed by atoms with E-state index in [1.807, 2.05) is 26.8 Å². The normalized spacial score (nSPS) is 17.7. The van der Waals surface area contributed by atoms with Gasteiger partial charge in [0, 0.05) is 18.1 Å². The van der Waals surface area contributed by atoms with Crippen LogP contribution in [-0.4, -0.2) is 28.9 Å². The van der Waals surface area contributed by atoms with Gasteiger partial charge in [0.15, 0.2) is 0 Å². The molecule has 4 rings (SSSR count). The zero-order chi connectivity index (χ0) is 25.5. The van der Waals surface area contributed by atoms with Crippen molar-refractivity contribution < 1.29 is 23.8 Å². The second-order valence-corrected chi connectivity index (χ2v) is 9.62. The number of ketones is 1. The molecule has 6 nitrogen and oxygen atoms in total. The number of carbonyl (C=O) groups is 2. The van der Waals surface area contributed by atoms with Crippen molar-refractivity contribution in [1.82, 2.24) is 4.98 Å². The Balaban J connectivity index is 1.99. The summed E-state index contributed by atoms with van der Waals surface area (Å²) in [5, 5.41) is 11.3. The topological polar surface area (TPSA) is 79.7 Å². The van der Waals surface area contributed by atoms with Gasteiger partial charge in [-0.15, -0.1) is 0 Å². The van der Waals surface area contributed by atoms with Gasteiger partial charge in [0.1, 0.15) is 17.3 Å². The second-order valence-electron chi connectivity index (χ2n) is 9.21. The van der Waals surface area contributed by atoms with E-state index < -0.39 is 23.5 Å². The molecule has 8 heteroatoms. The molecule has 180 valence electrons. The number of aromatic nitrogens is 1. The number of aliphatic hydroxyl groups excluding tert-OH is 1. The number of hydrogen-bond donors (Lipinski definition) is 1. The maximum atomic E-state index is 13.8. The highest BCUT2D eigenvalue weighted by Crippen LogP contribution is 2.44. The predicted molar refractivity (Wildman–Crippen MR) is 132 cm³/mol. The van der Waals surface area contributed by atoms with E-state index in [0.29, 0.717) is 11.3 Å². The molecule has 2 heterocycles. The molecule has 1 amide bonds. The molecule has 1 fully saturated rings. The number of anilines is 1. The maximum Gasteiger partial charge on any atom is 0.300 e. The lowest BCUT2D eigenvalue weighted by Gasteiger charge is -2.26. The van der Waals surface area contributed by atoms with Crippen LogP contribution in [0.2, 0.25) is 5.02 Å². The van der Waals surface area contributed by atoms with Gasteiger partial charge in [0.2, 0.25) is 0 Å². The molecule has 0 spiro atoms. The minimum atomic E-state index is -0.998. The van der Waals surface area contributed by atoms with Crippen molar-refractivity contribution in [3.05, 3.63) is 94.0 Å². The lowest BCUT2D eigenvalue weighted by molar-refractivity contribution is -0.132. The van der Waals surface area contributed by atoms with Crippen LogP contribution < -0.4 is 9.64 Å². The van der Waals surface area contributed by atoms with Gasteiger partial charge < -0.3 is 9.84 Å². The first-order valence-electron chi connectivity index (χ1n) is 10.9. The van der Waals surface area contributed by atoms with E-state index in [-0.39, 0.29) is 33.0 Å². The van der Waals surface area contributed by atoms with E-state index in [2.05, 4.69) is 4.98 Å². The first-order chi connectivity index (χ1) is 16.5. The van der Waals surface area contributed by atoms with Crippen molar-refractivity contribution in [3.8, 4) is 5.75 Å². The molecule has 0 bridgehead atoms. The Morgan fingerprint density at radius 2 is 1.77 bits per heavy atom. The summed E-state index contributed by atoms with van der Waals surface area (Å²) in [6.45, 7) is 6.06. The maximum absolute atomic E-state index is 13.8. The number of nitrogens with zero attached hydrogens (tertiary/aromatic N) is 2. The summed E-state index contributed by atoms with van der Waals surface area (Å²) in [5.74, 6) is -2.44. The molecule has 0 aliphatic carbocycles. The van der Waals surface area contributed by atoms with Crippen LogP contribution in [0.1, 0.15) is 43.5 Å². The number of Topliss-reactive ketones (excluding diaryl/α,β-unsaturated/α-hetero) is 1. The number of aliphatic hydroxyl groups is 1. The Labute approximate surface area is 207 Å². The van der Waals surface area contributed by atoms with Gasteiger partial charge in [-0.2, -0.15) is 0 Å². The zero-order valence-electron chi connectivity index (χ0n) is 19.7. The fraction of sp³-hybridized carbons (Fsp3) is 0.222. The minimum Gasteiger partial charge on any atom is -0.507 e. The molecule has 1 saturated heterocycles. The standard InChI is InChI=1S/C27H24ClFN2O4/c1-27(2,3)16-5-8-21(35-4)18(13-16)24(32)22-23(15-9-11-30-12-10-15)31(26(34)25(22)33)17-6-7-20(29)19(28)14-17/h5-14,23,32H,1-4H3/b24-22+. The highest BCUT2D eigenvalue weighted by Gasteiger charge is 2.47. The molecule has 1 aromatic heterocycles. The van der Waals surface area contributed by atoms with E-state index in [1.54, 1.807) is 24.3 Å². The molecule has 1 unspecified atom stereocenters. The number of halogens is 2. The first kappa shape index (κ1) is 24.4. The van der Waals surface area contributed by atoms with Crippen LogP contribution in [0.25, 0.3) is 5.76 Å². The van der Waals surface area contributed by atoms with Crippen molar-refractivity contribution in [3.63, 3.8) is 0 Å². The largest absolute Gasteiger partial charge is 0.507 e. The molecular formula is C27H24ClFN2O4. The lowest BCUT2D eigenvalue weighted by atomic mass is 9.85. The van der Waals surface area contributed by atoms with Crippen LogP contribution in [-0.2, 0) is 15.0 Å².